The van der Waals surface area contributed by atoms with Gasteiger partial charge in [-0.25, -0.2) is 4.68 Å². The summed E-state index contributed by atoms with van der Waals surface area (Å²) in [7, 11) is 0. The van der Waals surface area contributed by atoms with E-state index in [1.165, 1.54) is 6.92 Å². The van der Waals surface area contributed by atoms with E-state index in [-0.39, 0.29) is 35.1 Å². The molecule has 0 aliphatic heterocycles. The van der Waals surface area contributed by atoms with Crippen LogP contribution >= 0.6 is 11.8 Å². The Morgan fingerprint density at radius 1 is 1.30 bits per heavy atom. The zero-order valence-electron chi connectivity index (χ0n) is 20.4. The van der Waals surface area contributed by atoms with E-state index in [2.05, 4.69) is 29.6 Å². The van der Waals surface area contributed by atoms with E-state index in [1.54, 1.807) is 22.6 Å². The van der Waals surface area contributed by atoms with E-state index < -0.39 is 5.54 Å². The van der Waals surface area contributed by atoms with E-state index in [9.17, 15) is 14.7 Å². The molecule has 4 bridgehead atoms. The molecule has 4 fully saturated rings. The number of nitrogens with one attached hydrogen (secondary N) is 2. The van der Waals surface area contributed by atoms with Crippen LogP contribution in [0.4, 0.5) is 0 Å². The zero-order chi connectivity index (χ0) is 24.0. The molecule has 2 amide bonds. The summed E-state index contributed by atoms with van der Waals surface area (Å²) in [5, 5.41) is 21.9. The van der Waals surface area contributed by atoms with E-state index >= 15 is 0 Å². The number of carbonyl (C=O) groups excluding carboxylic acids is 2. The Morgan fingerprint density at radius 2 is 1.97 bits per heavy atom. The molecular formula is C25H38N4O3S. The second-order valence-corrected chi connectivity index (χ2v) is 12.9. The van der Waals surface area contributed by atoms with E-state index in [4.69, 9.17) is 0 Å². The number of aromatic nitrogens is 2. The number of aliphatic hydroxyl groups excluding tert-OH is 1. The van der Waals surface area contributed by atoms with Crippen molar-refractivity contribution in [3.63, 3.8) is 0 Å². The quantitative estimate of drug-likeness (QED) is 0.500. The minimum Gasteiger partial charge on any atom is -0.396 e. The summed E-state index contributed by atoms with van der Waals surface area (Å²) in [6.07, 6.45) is 10.9. The van der Waals surface area contributed by atoms with Crippen LogP contribution in [0.25, 0.3) is 6.20 Å². The highest BCUT2D eigenvalue weighted by Gasteiger charge is 2.55. The summed E-state index contributed by atoms with van der Waals surface area (Å²) in [4.78, 5) is 24.9. The molecule has 182 valence electrons. The minimum absolute atomic E-state index is 0.0607. The normalized spacial score (nSPS) is 30.9. The molecule has 0 saturated heterocycles. The van der Waals surface area contributed by atoms with Gasteiger partial charge < -0.3 is 15.7 Å². The summed E-state index contributed by atoms with van der Waals surface area (Å²) in [6, 6.07) is 0.184. The molecule has 4 aliphatic rings. The van der Waals surface area contributed by atoms with Crippen LogP contribution in [0.3, 0.4) is 0 Å². The Bertz CT molecular complexity index is 922. The average molecular weight is 475 g/mol. The van der Waals surface area contributed by atoms with Gasteiger partial charge in [-0.1, -0.05) is 13.8 Å². The molecule has 3 N–H and O–H groups in total. The molecule has 2 unspecified atom stereocenters. The largest absolute Gasteiger partial charge is 0.396 e. The van der Waals surface area contributed by atoms with Crippen molar-refractivity contribution >= 4 is 29.8 Å². The molecule has 2 atom stereocenters. The van der Waals surface area contributed by atoms with Crippen molar-refractivity contribution in [1.82, 2.24) is 20.4 Å². The van der Waals surface area contributed by atoms with E-state index in [0.29, 0.717) is 23.3 Å². The van der Waals surface area contributed by atoms with Gasteiger partial charge in [-0.2, -0.15) is 5.10 Å². The lowest BCUT2D eigenvalue weighted by molar-refractivity contribution is -0.120. The summed E-state index contributed by atoms with van der Waals surface area (Å²) in [5.74, 6) is 1.47. The van der Waals surface area contributed by atoms with Crippen LogP contribution in [0.5, 0.6) is 0 Å². The van der Waals surface area contributed by atoms with Crippen LogP contribution in [0, 0.1) is 23.2 Å². The molecule has 0 aromatic carbocycles. The molecule has 1 aromatic heterocycles. The summed E-state index contributed by atoms with van der Waals surface area (Å²) < 4.78 is 1.74. The Kier molecular flexibility index (Phi) is 6.71. The maximum absolute atomic E-state index is 13.4. The SMILES string of the molecule is CC(=O)NC(C)(C)/C=C/n1ncc(C(=O)NC2C3CC4CC2CC(CO)(C4)C3)c1SC(C)C. The third-order valence-corrected chi connectivity index (χ3v) is 8.61. The fourth-order valence-electron chi connectivity index (χ4n) is 6.56. The van der Waals surface area contributed by atoms with Crippen LogP contribution in [0.2, 0.25) is 0 Å². The minimum atomic E-state index is -0.525. The second kappa shape index (κ2) is 9.10. The van der Waals surface area contributed by atoms with Gasteiger partial charge in [0, 0.05) is 31.0 Å². The van der Waals surface area contributed by atoms with Crippen molar-refractivity contribution in [2.24, 2.45) is 23.2 Å². The molecule has 1 aromatic rings. The summed E-state index contributed by atoms with van der Waals surface area (Å²) in [6.45, 7) is 9.81. The molecule has 4 aliphatic carbocycles. The van der Waals surface area contributed by atoms with Crippen LogP contribution < -0.4 is 10.6 Å². The molecule has 0 spiro atoms. The molecule has 4 saturated carbocycles. The van der Waals surface area contributed by atoms with Gasteiger partial charge in [0.2, 0.25) is 5.91 Å². The van der Waals surface area contributed by atoms with Crippen LogP contribution in [-0.2, 0) is 4.79 Å². The van der Waals surface area contributed by atoms with Crippen molar-refractivity contribution in [2.75, 3.05) is 6.61 Å². The average Bonchev–Trinajstić information content (AvgIpc) is 3.09. The number of nitrogens with zero attached hydrogens (tertiary/aromatic N) is 2. The number of aliphatic hydroxyl groups is 1. The molecule has 0 radical (unpaired) electrons. The number of hydrogen-bond acceptors (Lipinski definition) is 5. The Hall–Kier alpha value is -1.80. The lowest BCUT2D eigenvalue weighted by Crippen LogP contribution is -2.60. The van der Waals surface area contributed by atoms with E-state index in [0.717, 1.165) is 37.1 Å². The van der Waals surface area contributed by atoms with Crippen LogP contribution in [0.15, 0.2) is 17.3 Å². The number of hydrogen-bond donors (Lipinski definition) is 3. The Balaban J connectivity index is 1.53. The highest BCUT2D eigenvalue weighted by Crippen LogP contribution is 2.59. The zero-order valence-corrected chi connectivity index (χ0v) is 21.2. The first kappa shape index (κ1) is 24.3. The van der Waals surface area contributed by atoms with Gasteiger partial charge in [0.15, 0.2) is 0 Å². The van der Waals surface area contributed by atoms with Gasteiger partial charge in [0.05, 0.1) is 17.3 Å². The lowest BCUT2D eigenvalue weighted by Gasteiger charge is -2.59. The van der Waals surface area contributed by atoms with Crippen molar-refractivity contribution in [1.29, 1.82) is 0 Å². The summed E-state index contributed by atoms with van der Waals surface area (Å²) >= 11 is 1.61. The highest BCUT2D eigenvalue weighted by atomic mass is 32.2. The molecule has 33 heavy (non-hydrogen) atoms. The molecular weight excluding hydrogens is 436 g/mol. The van der Waals surface area contributed by atoms with Gasteiger partial charge in [-0.15, -0.1) is 11.8 Å². The standard InChI is InChI=1S/C25H38N4O3S/c1-15(2)33-23-20(13-26-29(23)7-6-24(4,5)28-16(3)31)22(32)27-21-18-8-17-9-19(21)12-25(10-17,11-18)14-30/h6-7,13,15,17-19,21,30H,8-12,14H2,1-5H3,(H,27,32)(H,28,31)/b7-6+. The first-order chi connectivity index (χ1) is 15.5. The monoisotopic (exact) mass is 474 g/mol. The van der Waals surface area contributed by atoms with Crippen molar-refractivity contribution in [3.05, 3.63) is 17.8 Å². The maximum Gasteiger partial charge on any atom is 0.255 e. The first-order valence-electron chi connectivity index (χ1n) is 12.1. The third kappa shape index (κ3) is 5.16. The second-order valence-electron chi connectivity index (χ2n) is 11.3. The molecule has 8 heteroatoms. The number of amides is 2. The van der Waals surface area contributed by atoms with Crippen molar-refractivity contribution in [2.45, 2.75) is 88.6 Å². The van der Waals surface area contributed by atoms with Crippen LogP contribution in [0.1, 0.15) is 77.1 Å². The fourth-order valence-corrected chi connectivity index (χ4v) is 7.49. The molecule has 1 heterocycles. The number of thioether (sulfide) groups is 1. The van der Waals surface area contributed by atoms with Crippen molar-refractivity contribution < 1.29 is 14.7 Å². The van der Waals surface area contributed by atoms with E-state index in [1.807, 2.05) is 26.1 Å². The fraction of sp³-hybridized carbons (Fsp3) is 0.720. The summed E-state index contributed by atoms with van der Waals surface area (Å²) in [5.41, 5.74) is 0.164. The Labute approximate surface area is 201 Å². The topological polar surface area (TPSA) is 96.2 Å². The third-order valence-electron chi connectivity index (χ3n) is 7.51. The van der Waals surface area contributed by atoms with Gasteiger partial charge >= 0.3 is 0 Å². The van der Waals surface area contributed by atoms with Gasteiger partial charge in [-0.3, -0.25) is 9.59 Å². The van der Waals surface area contributed by atoms with Gasteiger partial charge in [-0.05, 0) is 75.2 Å². The predicted molar refractivity (Wildman–Crippen MR) is 131 cm³/mol. The number of carbonyl (C=O) groups is 2. The number of rotatable bonds is 8. The Morgan fingerprint density at radius 3 is 2.55 bits per heavy atom. The lowest BCUT2D eigenvalue weighted by atomic mass is 9.48. The molecule has 5 rings (SSSR count). The van der Waals surface area contributed by atoms with Crippen molar-refractivity contribution in [3.8, 4) is 0 Å². The first-order valence-corrected chi connectivity index (χ1v) is 13.0. The highest BCUT2D eigenvalue weighted by molar-refractivity contribution is 7.99. The van der Waals surface area contributed by atoms with Gasteiger partial charge in [0.1, 0.15) is 5.03 Å². The predicted octanol–water partition coefficient (Wildman–Crippen LogP) is 3.69. The van der Waals surface area contributed by atoms with Gasteiger partial charge in [0.25, 0.3) is 5.91 Å². The maximum atomic E-state index is 13.4. The van der Waals surface area contributed by atoms with Crippen LogP contribution in [-0.4, -0.2) is 50.1 Å². The molecule has 7 nitrogen and oxygen atoms in total. The smallest absolute Gasteiger partial charge is 0.255 e.